The van der Waals surface area contributed by atoms with Gasteiger partial charge in [0.15, 0.2) is 5.69 Å². The van der Waals surface area contributed by atoms with Gasteiger partial charge in [0.2, 0.25) is 5.89 Å². The summed E-state index contributed by atoms with van der Waals surface area (Å²) in [5.41, 5.74) is 0.905. The summed E-state index contributed by atoms with van der Waals surface area (Å²) in [6.45, 7) is 1.73. The molecule has 0 atom stereocenters. The first-order valence-electron chi connectivity index (χ1n) is 8.06. The number of oxazole rings is 1. The van der Waals surface area contributed by atoms with Crippen LogP contribution in [0.3, 0.4) is 0 Å². The lowest BCUT2D eigenvalue weighted by Crippen LogP contribution is -2.13. The normalized spacial score (nSPS) is 10.7. The smallest absolute Gasteiger partial charge is 0.277 e. The minimum absolute atomic E-state index is 0.272. The number of anilines is 1. The molecule has 0 aliphatic rings. The van der Waals surface area contributed by atoms with E-state index in [1.54, 1.807) is 31.5 Å². The molecule has 0 radical (unpaired) electrons. The predicted molar refractivity (Wildman–Crippen MR) is 105 cm³/mol. The molecule has 0 spiro atoms. The highest BCUT2D eigenvalue weighted by atomic mass is 32.2. The highest BCUT2D eigenvalue weighted by Crippen LogP contribution is 2.27. The second-order valence-electron chi connectivity index (χ2n) is 5.51. The van der Waals surface area contributed by atoms with Gasteiger partial charge in [0.05, 0.1) is 4.88 Å². The molecule has 0 fully saturated rings. The fourth-order valence-corrected chi connectivity index (χ4v) is 3.78. The van der Waals surface area contributed by atoms with Gasteiger partial charge in [-0.15, -0.1) is 11.3 Å². The molecular formula is C19H14N4O2S2. The quantitative estimate of drug-likeness (QED) is 0.518. The number of nitrogens with one attached hydrogen (secondary N) is 1. The summed E-state index contributed by atoms with van der Waals surface area (Å²) in [6.07, 6.45) is 3.38. The lowest BCUT2D eigenvalue weighted by molar-refractivity contribution is 0.102. The van der Waals surface area contributed by atoms with Crippen molar-refractivity contribution < 1.29 is 9.21 Å². The van der Waals surface area contributed by atoms with E-state index in [4.69, 9.17) is 4.42 Å². The lowest BCUT2D eigenvalue weighted by atomic mass is 10.3. The molecule has 4 heterocycles. The Morgan fingerprint density at radius 1 is 1.11 bits per heavy atom. The third-order valence-corrected chi connectivity index (χ3v) is 5.32. The summed E-state index contributed by atoms with van der Waals surface area (Å²) < 4.78 is 5.63. The number of aryl methyl sites for hydroxylation is 1. The Bertz CT molecular complexity index is 1060. The first-order chi connectivity index (χ1) is 13.2. The van der Waals surface area contributed by atoms with E-state index in [1.807, 2.05) is 35.7 Å². The maximum atomic E-state index is 12.6. The van der Waals surface area contributed by atoms with Gasteiger partial charge in [-0.25, -0.2) is 15.0 Å². The van der Waals surface area contributed by atoms with Gasteiger partial charge in [0.1, 0.15) is 15.8 Å². The molecule has 0 saturated heterocycles. The van der Waals surface area contributed by atoms with Crippen molar-refractivity contribution in [3.8, 4) is 10.8 Å². The Balaban J connectivity index is 1.51. The van der Waals surface area contributed by atoms with Crippen LogP contribution in [0.1, 0.15) is 16.2 Å². The molecule has 8 heteroatoms. The number of amides is 1. The maximum absolute atomic E-state index is 12.6. The zero-order valence-corrected chi connectivity index (χ0v) is 15.9. The highest BCUT2D eigenvalue weighted by Gasteiger charge is 2.19. The molecule has 4 aromatic heterocycles. The van der Waals surface area contributed by atoms with Crippen molar-refractivity contribution in [3.05, 3.63) is 71.7 Å². The molecule has 27 heavy (non-hydrogen) atoms. The topological polar surface area (TPSA) is 80.9 Å². The Labute approximate surface area is 163 Å². The van der Waals surface area contributed by atoms with E-state index in [0.29, 0.717) is 17.3 Å². The van der Waals surface area contributed by atoms with Crippen LogP contribution in [-0.2, 0) is 0 Å². The Morgan fingerprint density at radius 2 is 2.00 bits per heavy atom. The number of aromatic nitrogens is 3. The number of thiophene rings is 1. The van der Waals surface area contributed by atoms with Crippen molar-refractivity contribution in [2.75, 3.05) is 5.32 Å². The van der Waals surface area contributed by atoms with Crippen molar-refractivity contribution in [3.63, 3.8) is 0 Å². The Morgan fingerprint density at radius 3 is 2.78 bits per heavy atom. The third kappa shape index (κ3) is 4.07. The maximum Gasteiger partial charge on any atom is 0.277 e. The highest BCUT2D eigenvalue weighted by molar-refractivity contribution is 7.99. The van der Waals surface area contributed by atoms with Crippen LogP contribution in [0.25, 0.3) is 10.8 Å². The molecule has 0 aliphatic carbocycles. The molecule has 0 bridgehead atoms. The summed E-state index contributed by atoms with van der Waals surface area (Å²) in [5.74, 6) is 0.612. The molecule has 4 rings (SSSR count). The molecule has 0 saturated carbocycles. The van der Waals surface area contributed by atoms with Crippen molar-refractivity contribution in [1.29, 1.82) is 0 Å². The number of carbonyl (C=O) groups is 1. The van der Waals surface area contributed by atoms with E-state index in [-0.39, 0.29) is 11.6 Å². The summed E-state index contributed by atoms with van der Waals surface area (Å²) in [5, 5.41) is 6.36. The van der Waals surface area contributed by atoms with E-state index in [1.165, 1.54) is 23.1 Å². The minimum Gasteiger partial charge on any atom is -0.440 e. The summed E-state index contributed by atoms with van der Waals surface area (Å²) in [7, 11) is 0. The summed E-state index contributed by atoms with van der Waals surface area (Å²) >= 11 is 2.94. The summed E-state index contributed by atoms with van der Waals surface area (Å²) in [4.78, 5) is 26.4. The van der Waals surface area contributed by atoms with Crippen LogP contribution >= 0.6 is 23.1 Å². The predicted octanol–water partition coefficient (Wildman–Crippen LogP) is 4.91. The van der Waals surface area contributed by atoms with Gasteiger partial charge >= 0.3 is 0 Å². The van der Waals surface area contributed by atoms with Crippen LogP contribution in [-0.4, -0.2) is 20.9 Å². The number of nitrogens with zero attached hydrogens (tertiary/aromatic N) is 3. The lowest BCUT2D eigenvalue weighted by Gasteiger charge is -2.05. The Hall–Kier alpha value is -2.97. The van der Waals surface area contributed by atoms with Gasteiger partial charge in [0.25, 0.3) is 5.91 Å². The minimum atomic E-state index is -0.320. The number of hydrogen-bond donors (Lipinski definition) is 1. The second kappa shape index (κ2) is 7.73. The number of hydrogen-bond acceptors (Lipinski definition) is 7. The second-order valence-corrected chi connectivity index (χ2v) is 7.50. The number of rotatable bonds is 5. The van der Waals surface area contributed by atoms with Crippen molar-refractivity contribution >= 4 is 34.7 Å². The molecule has 134 valence electrons. The largest absolute Gasteiger partial charge is 0.440 e. The average molecular weight is 394 g/mol. The molecule has 1 amide bonds. The van der Waals surface area contributed by atoms with Gasteiger partial charge in [-0.3, -0.25) is 4.79 Å². The Kier molecular flexibility index (Phi) is 4.99. The van der Waals surface area contributed by atoms with Gasteiger partial charge in [-0.2, -0.15) is 0 Å². The van der Waals surface area contributed by atoms with Gasteiger partial charge in [-0.05, 0) is 42.6 Å². The number of carbonyl (C=O) groups excluding carboxylic acids is 1. The standard InChI is InChI=1S/C19H14N4O2S2/c1-12-17(23-19(25-12)14-5-4-10-26-14)18(24)22-13-7-9-21-16(11-13)27-15-6-2-3-8-20-15/h2-11H,1H3,(H,21,22,24). The van der Waals surface area contributed by atoms with Crippen LogP contribution < -0.4 is 5.32 Å². The van der Waals surface area contributed by atoms with Gasteiger partial charge < -0.3 is 9.73 Å². The first kappa shape index (κ1) is 17.4. The fourth-order valence-electron chi connectivity index (χ4n) is 2.36. The molecule has 0 unspecified atom stereocenters. The van der Waals surface area contributed by atoms with E-state index in [0.717, 1.165) is 14.9 Å². The summed E-state index contributed by atoms with van der Waals surface area (Å²) in [6, 6.07) is 13.0. The van der Waals surface area contributed by atoms with Crippen LogP contribution in [0.4, 0.5) is 5.69 Å². The van der Waals surface area contributed by atoms with E-state index in [9.17, 15) is 4.79 Å². The van der Waals surface area contributed by atoms with Crippen LogP contribution in [0.2, 0.25) is 0 Å². The zero-order chi connectivity index (χ0) is 18.6. The molecule has 6 nitrogen and oxygen atoms in total. The van der Waals surface area contributed by atoms with Gasteiger partial charge in [-0.1, -0.05) is 23.9 Å². The molecular weight excluding hydrogens is 380 g/mol. The fraction of sp³-hybridized carbons (Fsp3) is 0.0526. The van der Waals surface area contributed by atoms with Crippen molar-refractivity contribution in [2.24, 2.45) is 0 Å². The molecule has 0 aliphatic heterocycles. The SMILES string of the molecule is Cc1oc(-c2cccs2)nc1C(=O)Nc1ccnc(Sc2ccccn2)c1. The molecule has 1 N–H and O–H groups in total. The van der Waals surface area contributed by atoms with Crippen molar-refractivity contribution in [1.82, 2.24) is 15.0 Å². The first-order valence-corrected chi connectivity index (χ1v) is 9.76. The monoisotopic (exact) mass is 394 g/mol. The van der Waals surface area contributed by atoms with E-state index >= 15 is 0 Å². The average Bonchev–Trinajstić information content (AvgIpc) is 3.32. The molecule has 0 aromatic carbocycles. The van der Waals surface area contributed by atoms with Crippen LogP contribution in [0.15, 0.2) is 74.7 Å². The van der Waals surface area contributed by atoms with E-state index < -0.39 is 0 Å². The number of pyridine rings is 2. The van der Waals surface area contributed by atoms with Crippen LogP contribution in [0.5, 0.6) is 0 Å². The van der Waals surface area contributed by atoms with E-state index in [2.05, 4.69) is 20.3 Å². The van der Waals surface area contributed by atoms with Gasteiger partial charge in [0, 0.05) is 18.1 Å². The zero-order valence-electron chi connectivity index (χ0n) is 14.2. The van der Waals surface area contributed by atoms with Crippen molar-refractivity contribution in [2.45, 2.75) is 17.0 Å². The van der Waals surface area contributed by atoms with Crippen LogP contribution in [0, 0.1) is 6.92 Å². The third-order valence-electron chi connectivity index (χ3n) is 3.58. The molecule has 4 aromatic rings.